The molecule has 1 unspecified atom stereocenters. The smallest absolute Gasteiger partial charge is 0.0947 e. The Morgan fingerprint density at radius 2 is 2.24 bits per heavy atom. The van der Waals surface area contributed by atoms with Crippen LogP contribution in [-0.2, 0) is 13.6 Å². The predicted molar refractivity (Wildman–Crippen MR) is 73.1 cm³/mol. The molecule has 5 nitrogen and oxygen atoms in total. The molecule has 17 heavy (non-hydrogen) atoms. The number of hydrogen-bond donors (Lipinski definition) is 2. The third kappa shape index (κ3) is 3.54. The number of nitrogens with one attached hydrogen (secondary N) is 1. The Morgan fingerprint density at radius 3 is 2.65 bits per heavy atom. The molecule has 0 aliphatic carbocycles. The average molecular weight is 302 g/mol. The molecule has 0 aliphatic heterocycles. The second-order valence-electron chi connectivity index (χ2n) is 4.52. The fraction of sp³-hybridized carbons (Fsp3) is 0.636. The standard InChI is InChI=1S/C11H20BrN5/c1-7(11(13)14)5-16(3)6-9-10(12)8(2)15-17(9)4/h7H,5-6H2,1-4H3,(H3,13,14). The van der Waals surface area contributed by atoms with Crippen molar-refractivity contribution < 1.29 is 0 Å². The number of nitrogens with zero attached hydrogens (tertiary/aromatic N) is 3. The largest absolute Gasteiger partial charge is 0.387 e. The average Bonchev–Trinajstić information content (AvgIpc) is 2.45. The minimum absolute atomic E-state index is 0.0769. The van der Waals surface area contributed by atoms with Gasteiger partial charge in [0, 0.05) is 26.1 Å². The van der Waals surface area contributed by atoms with Gasteiger partial charge in [-0.15, -0.1) is 0 Å². The van der Waals surface area contributed by atoms with Crippen LogP contribution < -0.4 is 5.73 Å². The van der Waals surface area contributed by atoms with Crippen LogP contribution in [0.15, 0.2) is 4.47 Å². The number of aryl methyl sites for hydroxylation is 2. The van der Waals surface area contributed by atoms with Crippen molar-refractivity contribution in [2.75, 3.05) is 13.6 Å². The molecule has 1 rings (SSSR count). The lowest BCUT2D eigenvalue weighted by molar-refractivity contribution is 0.297. The maximum atomic E-state index is 7.39. The Labute approximate surface area is 111 Å². The first-order chi connectivity index (χ1) is 7.82. The van der Waals surface area contributed by atoms with Gasteiger partial charge in [0.25, 0.3) is 0 Å². The van der Waals surface area contributed by atoms with Crippen molar-refractivity contribution in [2.24, 2.45) is 18.7 Å². The number of amidine groups is 1. The lowest BCUT2D eigenvalue weighted by Crippen LogP contribution is -2.32. The summed E-state index contributed by atoms with van der Waals surface area (Å²) < 4.78 is 2.94. The molecule has 0 saturated carbocycles. The van der Waals surface area contributed by atoms with E-state index in [1.54, 1.807) is 0 Å². The zero-order valence-electron chi connectivity index (χ0n) is 10.8. The highest BCUT2D eigenvalue weighted by Gasteiger charge is 2.15. The third-order valence-electron chi connectivity index (χ3n) is 2.80. The molecule has 1 heterocycles. The molecule has 96 valence electrons. The van der Waals surface area contributed by atoms with Crippen molar-refractivity contribution in [3.8, 4) is 0 Å². The van der Waals surface area contributed by atoms with E-state index in [1.807, 2.05) is 32.6 Å². The number of hydrogen-bond acceptors (Lipinski definition) is 3. The number of rotatable bonds is 5. The summed E-state index contributed by atoms with van der Waals surface area (Å²) in [5.41, 5.74) is 7.61. The highest BCUT2D eigenvalue weighted by Crippen LogP contribution is 2.21. The van der Waals surface area contributed by atoms with Crippen LogP contribution in [0.4, 0.5) is 0 Å². The van der Waals surface area contributed by atoms with Gasteiger partial charge >= 0.3 is 0 Å². The van der Waals surface area contributed by atoms with Crippen LogP contribution >= 0.6 is 15.9 Å². The Hall–Kier alpha value is -0.880. The van der Waals surface area contributed by atoms with Crippen molar-refractivity contribution in [3.05, 3.63) is 15.9 Å². The van der Waals surface area contributed by atoms with Crippen molar-refractivity contribution in [1.82, 2.24) is 14.7 Å². The SMILES string of the molecule is Cc1nn(C)c(CN(C)CC(C)C(=N)N)c1Br. The van der Waals surface area contributed by atoms with E-state index in [0.717, 1.165) is 29.0 Å². The quantitative estimate of drug-likeness (QED) is 0.639. The summed E-state index contributed by atoms with van der Waals surface area (Å²) in [6, 6.07) is 0. The van der Waals surface area contributed by atoms with Crippen LogP contribution in [0, 0.1) is 18.3 Å². The van der Waals surface area contributed by atoms with Crippen LogP contribution in [0.2, 0.25) is 0 Å². The molecular weight excluding hydrogens is 282 g/mol. The van der Waals surface area contributed by atoms with Gasteiger partial charge in [0.1, 0.15) is 0 Å². The number of nitrogens with two attached hydrogens (primary N) is 1. The summed E-state index contributed by atoms with van der Waals surface area (Å²) in [5, 5.41) is 11.7. The molecule has 0 fully saturated rings. The molecule has 0 saturated heterocycles. The molecular formula is C11H20BrN5. The molecule has 0 amide bonds. The van der Waals surface area contributed by atoms with E-state index >= 15 is 0 Å². The van der Waals surface area contributed by atoms with Gasteiger partial charge in [-0.05, 0) is 29.9 Å². The van der Waals surface area contributed by atoms with Gasteiger partial charge in [-0.25, -0.2) is 0 Å². The topological polar surface area (TPSA) is 70.9 Å². The number of halogens is 1. The summed E-state index contributed by atoms with van der Waals surface area (Å²) in [6.45, 7) is 5.50. The highest BCUT2D eigenvalue weighted by molar-refractivity contribution is 9.10. The van der Waals surface area contributed by atoms with E-state index in [4.69, 9.17) is 11.1 Å². The molecule has 0 aliphatic rings. The van der Waals surface area contributed by atoms with Crippen molar-refractivity contribution in [1.29, 1.82) is 5.41 Å². The van der Waals surface area contributed by atoms with Gasteiger partial charge in [-0.3, -0.25) is 15.0 Å². The van der Waals surface area contributed by atoms with E-state index < -0.39 is 0 Å². The number of aromatic nitrogens is 2. The monoisotopic (exact) mass is 301 g/mol. The molecule has 1 atom stereocenters. The second kappa shape index (κ2) is 5.64. The Morgan fingerprint density at radius 1 is 1.65 bits per heavy atom. The maximum absolute atomic E-state index is 7.39. The summed E-state index contributed by atoms with van der Waals surface area (Å²) in [7, 11) is 3.96. The van der Waals surface area contributed by atoms with Crippen molar-refractivity contribution in [2.45, 2.75) is 20.4 Å². The van der Waals surface area contributed by atoms with Gasteiger partial charge in [-0.2, -0.15) is 5.10 Å². The van der Waals surface area contributed by atoms with Crippen molar-refractivity contribution >= 4 is 21.8 Å². The van der Waals surface area contributed by atoms with Gasteiger partial charge in [0.2, 0.25) is 0 Å². The first kappa shape index (κ1) is 14.2. The van der Waals surface area contributed by atoms with Crippen LogP contribution in [0.5, 0.6) is 0 Å². The summed E-state index contributed by atoms with van der Waals surface area (Å²) in [4.78, 5) is 2.15. The minimum Gasteiger partial charge on any atom is -0.387 e. The zero-order valence-corrected chi connectivity index (χ0v) is 12.4. The first-order valence-corrected chi connectivity index (χ1v) is 6.32. The Balaban J connectivity index is 2.68. The van der Waals surface area contributed by atoms with Crippen LogP contribution in [0.3, 0.4) is 0 Å². The van der Waals surface area contributed by atoms with Gasteiger partial charge in [0.15, 0.2) is 0 Å². The van der Waals surface area contributed by atoms with Gasteiger partial charge in [-0.1, -0.05) is 6.92 Å². The fourth-order valence-electron chi connectivity index (χ4n) is 1.74. The van der Waals surface area contributed by atoms with Crippen LogP contribution in [-0.4, -0.2) is 34.1 Å². The normalized spacial score (nSPS) is 13.1. The maximum Gasteiger partial charge on any atom is 0.0947 e. The lowest BCUT2D eigenvalue weighted by atomic mass is 10.1. The summed E-state index contributed by atoms with van der Waals surface area (Å²) >= 11 is 3.55. The molecule has 1 aromatic rings. The van der Waals surface area contributed by atoms with E-state index in [-0.39, 0.29) is 11.8 Å². The lowest BCUT2D eigenvalue weighted by Gasteiger charge is -2.20. The summed E-state index contributed by atoms with van der Waals surface area (Å²) in [6.07, 6.45) is 0. The zero-order chi connectivity index (χ0) is 13.2. The van der Waals surface area contributed by atoms with Gasteiger partial charge in [0.05, 0.1) is 21.7 Å². The van der Waals surface area contributed by atoms with E-state index in [1.165, 1.54) is 0 Å². The van der Waals surface area contributed by atoms with E-state index in [2.05, 4.69) is 25.9 Å². The van der Waals surface area contributed by atoms with Crippen LogP contribution in [0.1, 0.15) is 18.3 Å². The molecule has 0 aromatic carbocycles. The van der Waals surface area contributed by atoms with Crippen molar-refractivity contribution in [3.63, 3.8) is 0 Å². The fourth-order valence-corrected chi connectivity index (χ4v) is 2.20. The highest BCUT2D eigenvalue weighted by atomic mass is 79.9. The van der Waals surface area contributed by atoms with Crippen LogP contribution in [0.25, 0.3) is 0 Å². The summed E-state index contributed by atoms with van der Waals surface area (Å²) in [5.74, 6) is 0.310. The van der Waals surface area contributed by atoms with E-state index in [0.29, 0.717) is 0 Å². The second-order valence-corrected chi connectivity index (χ2v) is 5.32. The Kier molecular flexibility index (Phi) is 4.70. The molecule has 3 N–H and O–H groups in total. The molecule has 0 bridgehead atoms. The molecule has 6 heteroatoms. The minimum atomic E-state index is 0.0769. The predicted octanol–water partition coefficient (Wildman–Crippen LogP) is 1.49. The Bertz CT molecular complexity index is 412. The van der Waals surface area contributed by atoms with E-state index in [9.17, 15) is 0 Å². The molecule has 0 spiro atoms. The third-order valence-corrected chi connectivity index (χ3v) is 3.83. The molecule has 1 aromatic heterocycles. The van der Waals surface area contributed by atoms with Gasteiger partial charge < -0.3 is 5.73 Å². The molecule has 0 radical (unpaired) electrons. The first-order valence-electron chi connectivity index (χ1n) is 5.53.